The lowest BCUT2D eigenvalue weighted by Crippen LogP contribution is -2.42. The SMILES string of the molecule is O=C(O)C(F)(F)F.O=C(O)C=C1CN(C(C(=O)C2CC2)c2ccccc2F)CCC1S. The Morgan fingerprint density at radius 3 is 2.19 bits per heavy atom. The summed E-state index contributed by atoms with van der Waals surface area (Å²) in [7, 11) is 0. The number of likely N-dealkylation sites (tertiary alicyclic amines) is 1. The zero-order valence-electron chi connectivity index (χ0n) is 16.2. The van der Waals surface area contributed by atoms with Crippen LogP contribution in [0.3, 0.4) is 0 Å². The summed E-state index contributed by atoms with van der Waals surface area (Å²) in [5.41, 5.74) is 1.03. The number of piperidine rings is 1. The number of hydrogen-bond acceptors (Lipinski definition) is 5. The first kappa shape index (κ1) is 24.9. The fourth-order valence-electron chi connectivity index (χ4n) is 3.23. The third kappa shape index (κ3) is 7.06. The molecule has 2 N–H and O–H groups in total. The van der Waals surface area contributed by atoms with E-state index in [2.05, 4.69) is 12.6 Å². The maximum absolute atomic E-state index is 14.3. The van der Waals surface area contributed by atoms with Crippen LogP contribution < -0.4 is 0 Å². The van der Waals surface area contributed by atoms with Crippen LogP contribution in [0.25, 0.3) is 0 Å². The van der Waals surface area contributed by atoms with Gasteiger partial charge in [-0.15, -0.1) is 0 Å². The number of thiol groups is 1. The number of Topliss-reactive ketones (excluding diaryl/α,β-unsaturated/α-hetero) is 1. The Morgan fingerprint density at radius 2 is 1.71 bits per heavy atom. The summed E-state index contributed by atoms with van der Waals surface area (Å²) >= 11 is 4.44. The molecule has 1 aliphatic carbocycles. The zero-order valence-corrected chi connectivity index (χ0v) is 17.1. The van der Waals surface area contributed by atoms with E-state index in [0.717, 1.165) is 18.9 Å². The van der Waals surface area contributed by atoms with Gasteiger partial charge in [0.15, 0.2) is 5.78 Å². The molecule has 1 heterocycles. The Morgan fingerprint density at radius 1 is 1.13 bits per heavy atom. The summed E-state index contributed by atoms with van der Waals surface area (Å²) in [5.74, 6) is -4.15. The molecule has 1 aliphatic heterocycles. The first-order valence-electron chi connectivity index (χ1n) is 9.35. The van der Waals surface area contributed by atoms with Crippen LogP contribution in [0.4, 0.5) is 17.6 Å². The molecule has 0 spiro atoms. The molecule has 0 bridgehead atoms. The van der Waals surface area contributed by atoms with Crippen molar-refractivity contribution in [3.8, 4) is 0 Å². The minimum Gasteiger partial charge on any atom is -0.478 e. The molecule has 1 saturated carbocycles. The molecule has 0 aromatic heterocycles. The van der Waals surface area contributed by atoms with Crippen LogP contribution in [-0.4, -0.2) is 57.4 Å². The summed E-state index contributed by atoms with van der Waals surface area (Å²) in [6.07, 6.45) is -1.59. The van der Waals surface area contributed by atoms with E-state index in [4.69, 9.17) is 15.0 Å². The fourth-order valence-corrected chi connectivity index (χ4v) is 3.50. The summed E-state index contributed by atoms with van der Waals surface area (Å²) in [6, 6.07) is 5.69. The first-order valence-corrected chi connectivity index (χ1v) is 9.87. The van der Waals surface area contributed by atoms with E-state index in [1.807, 2.05) is 4.90 Å². The molecule has 1 aromatic carbocycles. The standard InChI is InChI=1S/C18H20FNO3S.C2HF3O2/c19-14-4-2-1-3-13(14)17(18(23)11-5-6-11)20-8-7-15(24)12(10-20)9-16(21)22;3-2(4,5)1(6)7/h1-4,9,11,15,17,24H,5-8,10H2,(H,21,22);(H,6,7). The minimum atomic E-state index is -5.08. The number of nitrogens with zero attached hydrogens (tertiary/aromatic N) is 1. The first-order chi connectivity index (χ1) is 14.4. The number of carboxylic acid groups (broad SMARTS) is 2. The number of carboxylic acids is 2. The van der Waals surface area contributed by atoms with Gasteiger partial charge >= 0.3 is 18.1 Å². The van der Waals surface area contributed by atoms with Crippen LogP contribution in [0.15, 0.2) is 35.9 Å². The van der Waals surface area contributed by atoms with Gasteiger partial charge in [0.1, 0.15) is 5.82 Å². The van der Waals surface area contributed by atoms with Gasteiger partial charge in [-0.3, -0.25) is 9.69 Å². The summed E-state index contributed by atoms with van der Waals surface area (Å²) in [4.78, 5) is 34.6. The number of aliphatic carboxylic acids is 2. The van der Waals surface area contributed by atoms with Crippen molar-refractivity contribution in [1.82, 2.24) is 4.90 Å². The van der Waals surface area contributed by atoms with Crippen molar-refractivity contribution in [1.29, 1.82) is 0 Å². The van der Waals surface area contributed by atoms with E-state index in [1.165, 1.54) is 6.07 Å². The molecule has 3 rings (SSSR count). The fraction of sp³-hybridized carbons (Fsp3) is 0.450. The van der Waals surface area contributed by atoms with Crippen LogP contribution in [0.5, 0.6) is 0 Å². The third-order valence-electron chi connectivity index (χ3n) is 4.87. The molecule has 1 saturated heterocycles. The van der Waals surface area contributed by atoms with Crippen LogP contribution >= 0.6 is 12.6 Å². The Kier molecular flexibility index (Phi) is 8.24. The van der Waals surface area contributed by atoms with Crippen LogP contribution in [-0.2, 0) is 14.4 Å². The molecule has 2 atom stereocenters. The van der Waals surface area contributed by atoms with E-state index in [-0.39, 0.29) is 17.0 Å². The summed E-state index contributed by atoms with van der Waals surface area (Å²) in [5, 5.41) is 16.0. The molecule has 0 amide bonds. The topological polar surface area (TPSA) is 94.9 Å². The van der Waals surface area contributed by atoms with Gasteiger partial charge in [-0.05, 0) is 30.9 Å². The second-order valence-corrected chi connectivity index (χ2v) is 7.86. The van der Waals surface area contributed by atoms with E-state index in [9.17, 15) is 27.2 Å². The van der Waals surface area contributed by atoms with Gasteiger partial charge in [-0.2, -0.15) is 25.8 Å². The van der Waals surface area contributed by atoms with Gasteiger partial charge in [-0.25, -0.2) is 14.0 Å². The van der Waals surface area contributed by atoms with Crippen molar-refractivity contribution < 1.29 is 42.2 Å². The zero-order chi connectivity index (χ0) is 23.3. The molecule has 6 nitrogen and oxygen atoms in total. The average Bonchev–Trinajstić information content (AvgIpc) is 3.50. The quantitative estimate of drug-likeness (QED) is 0.352. The number of halogens is 4. The number of carbonyl (C=O) groups is 3. The molecular weight excluding hydrogens is 442 g/mol. The third-order valence-corrected chi connectivity index (χ3v) is 5.46. The highest BCUT2D eigenvalue weighted by Crippen LogP contribution is 2.39. The van der Waals surface area contributed by atoms with Gasteiger partial charge in [-0.1, -0.05) is 18.2 Å². The Bertz CT molecular complexity index is 869. The number of benzene rings is 1. The van der Waals surface area contributed by atoms with E-state index < -0.39 is 30.0 Å². The van der Waals surface area contributed by atoms with Crippen molar-refractivity contribution >= 4 is 30.4 Å². The lowest BCUT2D eigenvalue weighted by atomic mass is 9.93. The number of hydrogen-bond donors (Lipinski definition) is 3. The monoisotopic (exact) mass is 463 g/mol. The largest absolute Gasteiger partial charge is 0.490 e. The van der Waals surface area contributed by atoms with Crippen LogP contribution in [0.2, 0.25) is 0 Å². The number of ketones is 1. The van der Waals surface area contributed by atoms with E-state index in [1.54, 1.807) is 18.2 Å². The molecule has 2 fully saturated rings. The minimum absolute atomic E-state index is 0.00441. The smallest absolute Gasteiger partial charge is 0.478 e. The van der Waals surface area contributed by atoms with Gasteiger partial charge in [0.05, 0.1) is 6.04 Å². The van der Waals surface area contributed by atoms with Gasteiger partial charge in [0.2, 0.25) is 0 Å². The van der Waals surface area contributed by atoms with Gasteiger partial charge in [0.25, 0.3) is 0 Å². The molecule has 11 heteroatoms. The lowest BCUT2D eigenvalue weighted by molar-refractivity contribution is -0.192. The summed E-state index contributed by atoms with van der Waals surface area (Å²) in [6.45, 7) is 0.903. The van der Waals surface area contributed by atoms with Gasteiger partial charge in [0, 0.05) is 35.9 Å². The predicted molar refractivity (Wildman–Crippen MR) is 105 cm³/mol. The maximum Gasteiger partial charge on any atom is 0.490 e. The van der Waals surface area contributed by atoms with Crippen molar-refractivity contribution in [2.75, 3.05) is 13.1 Å². The van der Waals surface area contributed by atoms with E-state index >= 15 is 0 Å². The second kappa shape index (κ2) is 10.3. The highest BCUT2D eigenvalue weighted by molar-refractivity contribution is 7.81. The summed E-state index contributed by atoms with van der Waals surface area (Å²) < 4.78 is 46.1. The van der Waals surface area contributed by atoms with Crippen LogP contribution in [0.1, 0.15) is 30.9 Å². The van der Waals surface area contributed by atoms with Crippen molar-refractivity contribution in [3.63, 3.8) is 0 Å². The van der Waals surface area contributed by atoms with E-state index in [0.29, 0.717) is 30.6 Å². The Labute approximate surface area is 180 Å². The number of alkyl halides is 3. The molecule has 31 heavy (non-hydrogen) atoms. The normalized spacial score (nSPS) is 21.7. The molecule has 2 unspecified atom stereocenters. The Balaban J connectivity index is 0.000000423. The van der Waals surface area contributed by atoms with Gasteiger partial charge < -0.3 is 10.2 Å². The molecule has 170 valence electrons. The average molecular weight is 463 g/mol. The predicted octanol–water partition coefficient (Wildman–Crippen LogP) is 3.49. The van der Waals surface area contributed by atoms with Crippen molar-refractivity contribution in [2.45, 2.75) is 36.7 Å². The number of rotatable bonds is 5. The second-order valence-electron chi connectivity index (χ2n) is 7.24. The highest BCUT2D eigenvalue weighted by Gasteiger charge is 2.41. The van der Waals surface area contributed by atoms with Crippen molar-refractivity contribution in [2.24, 2.45) is 5.92 Å². The molecule has 1 aromatic rings. The lowest BCUT2D eigenvalue weighted by Gasteiger charge is -2.37. The highest BCUT2D eigenvalue weighted by atomic mass is 32.1. The molecule has 0 radical (unpaired) electrons. The Hall–Kier alpha value is -2.40. The van der Waals surface area contributed by atoms with Crippen LogP contribution in [0, 0.1) is 11.7 Å². The van der Waals surface area contributed by atoms with Crippen molar-refractivity contribution in [3.05, 3.63) is 47.3 Å². The molecular formula is C20H21F4NO5S. The number of carbonyl (C=O) groups excluding carboxylic acids is 1. The maximum atomic E-state index is 14.3. The molecule has 2 aliphatic rings.